The van der Waals surface area contributed by atoms with E-state index in [2.05, 4.69) is 41.3 Å². The Morgan fingerprint density at radius 3 is 2.57 bits per heavy atom. The van der Waals surface area contributed by atoms with E-state index in [9.17, 15) is 9.90 Å². The van der Waals surface area contributed by atoms with E-state index in [0.29, 0.717) is 13.0 Å². The lowest BCUT2D eigenvalue weighted by atomic mass is 9.66. The highest BCUT2D eigenvalue weighted by molar-refractivity contribution is 5.85. The number of aliphatic hydroxyl groups is 1. The number of likely N-dealkylation sites (tertiary alicyclic amines) is 1. The van der Waals surface area contributed by atoms with Crippen molar-refractivity contribution in [1.82, 2.24) is 4.90 Å². The molecule has 2 aliphatic carbocycles. The number of hydrogen-bond acceptors (Lipinski definition) is 2. The smallest absolute Gasteiger partial charge is 0.230 e. The molecule has 1 N–H and O–H groups in total. The van der Waals surface area contributed by atoms with Crippen LogP contribution in [0.4, 0.5) is 0 Å². The van der Waals surface area contributed by atoms with Crippen LogP contribution in [0.25, 0.3) is 0 Å². The summed E-state index contributed by atoms with van der Waals surface area (Å²) in [6, 6.07) is 18.7. The van der Waals surface area contributed by atoms with E-state index in [1.165, 1.54) is 11.1 Å². The predicted octanol–water partition coefficient (Wildman–Crippen LogP) is 4.40. The van der Waals surface area contributed by atoms with Gasteiger partial charge in [0.05, 0.1) is 11.5 Å². The first-order valence-corrected chi connectivity index (χ1v) is 10.8. The molecule has 2 aromatic rings. The quantitative estimate of drug-likeness (QED) is 0.845. The molecule has 4 atom stereocenters. The van der Waals surface area contributed by atoms with Gasteiger partial charge in [-0.3, -0.25) is 4.79 Å². The van der Waals surface area contributed by atoms with Gasteiger partial charge in [0.1, 0.15) is 0 Å². The van der Waals surface area contributed by atoms with Gasteiger partial charge in [-0.05, 0) is 48.8 Å². The second-order valence-corrected chi connectivity index (χ2v) is 8.82. The third kappa shape index (κ3) is 2.79. The summed E-state index contributed by atoms with van der Waals surface area (Å²) in [5.74, 6) is 0.427. The van der Waals surface area contributed by atoms with E-state index in [4.69, 9.17) is 0 Å². The molecule has 0 aromatic heterocycles. The second-order valence-electron chi connectivity index (χ2n) is 8.82. The van der Waals surface area contributed by atoms with Crippen LogP contribution in [0, 0.1) is 5.92 Å². The van der Waals surface area contributed by atoms with E-state index in [-0.39, 0.29) is 23.8 Å². The standard InChI is InChI=1S/C25H29NO2/c27-24(21-15-14-18-8-4-5-11-20(18)21)26-17-16-25(28,19-9-2-1-3-10-19)22-12-6-7-13-23(22)26/h1-5,8-11,21-23,28H,6-7,12-17H2/t21?,22-,23+,25?/m0/s1. The molecule has 0 spiro atoms. The Hall–Kier alpha value is -2.13. The summed E-state index contributed by atoms with van der Waals surface area (Å²) in [7, 11) is 0. The van der Waals surface area contributed by atoms with Crippen LogP contribution in [0.15, 0.2) is 54.6 Å². The molecule has 28 heavy (non-hydrogen) atoms. The van der Waals surface area contributed by atoms with Gasteiger partial charge in [-0.1, -0.05) is 67.4 Å². The highest BCUT2D eigenvalue weighted by Crippen LogP contribution is 2.48. The monoisotopic (exact) mass is 375 g/mol. The van der Waals surface area contributed by atoms with E-state index in [1.807, 2.05) is 18.2 Å². The Bertz CT molecular complexity index is 864. The summed E-state index contributed by atoms with van der Waals surface area (Å²) >= 11 is 0. The Morgan fingerprint density at radius 1 is 0.964 bits per heavy atom. The molecule has 0 radical (unpaired) electrons. The molecule has 1 aliphatic heterocycles. The zero-order valence-electron chi connectivity index (χ0n) is 16.4. The zero-order chi connectivity index (χ0) is 19.1. The third-order valence-electron chi connectivity index (χ3n) is 7.46. The van der Waals surface area contributed by atoms with Crippen LogP contribution < -0.4 is 0 Å². The first-order chi connectivity index (χ1) is 13.7. The first kappa shape index (κ1) is 17.9. The van der Waals surface area contributed by atoms with Crippen molar-refractivity contribution in [1.29, 1.82) is 0 Å². The maximum absolute atomic E-state index is 13.6. The van der Waals surface area contributed by atoms with Gasteiger partial charge >= 0.3 is 0 Å². The molecule has 3 aliphatic rings. The zero-order valence-corrected chi connectivity index (χ0v) is 16.4. The topological polar surface area (TPSA) is 40.5 Å². The number of rotatable bonds is 2. The number of aryl methyl sites for hydroxylation is 1. The lowest BCUT2D eigenvalue weighted by Crippen LogP contribution is -2.59. The van der Waals surface area contributed by atoms with Crippen LogP contribution in [0.2, 0.25) is 0 Å². The summed E-state index contributed by atoms with van der Waals surface area (Å²) in [4.78, 5) is 15.8. The lowest BCUT2D eigenvalue weighted by molar-refractivity contribution is -0.156. The Morgan fingerprint density at radius 2 is 1.71 bits per heavy atom. The Labute approximate surface area is 167 Å². The van der Waals surface area contributed by atoms with Crippen molar-refractivity contribution in [2.75, 3.05) is 6.54 Å². The average Bonchev–Trinajstić information content (AvgIpc) is 3.19. The van der Waals surface area contributed by atoms with Crippen molar-refractivity contribution in [2.45, 2.75) is 62.5 Å². The second kappa shape index (κ2) is 7.04. The Kier molecular flexibility index (Phi) is 4.51. The molecular formula is C25H29NO2. The van der Waals surface area contributed by atoms with Crippen LogP contribution in [0.3, 0.4) is 0 Å². The minimum atomic E-state index is -0.809. The van der Waals surface area contributed by atoms with Gasteiger partial charge in [0.25, 0.3) is 0 Å². The number of carbonyl (C=O) groups is 1. The maximum Gasteiger partial charge on any atom is 0.230 e. The fourth-order valence-electron chi connectivity index (χ4n) is 6.06. The van der Waals surface area contributed by atoms with Crippen LogP contribution in [0.1, 0.15) is 61.1 Å². The number of hydrogen-bond donors (Lipinski definition) is 1. The lowest BCUT2D eigenvalue weighted by Gasteiger charge is -2.53. The molecule has 1 heterocycles. The van der Waals surface area contributed by atoms with E-state index < -0.39 is 5.60 Å². The van der Waals surface area contributed by atoms with Gasteiger partial charge in [-0.2, -0.15) is 0 Å². The molecule has 3 nitrogen and oxygen atoms in total. The van der Waals surface area contributed by atoms with E-state index >= 15 is 0 Å². The molecule has 146 valence electrons. The first-order valence-electron chi connectivity index (χ1n) is 10.8. The van der Waals surface area contributed by atoms with Crippen LogP contribution in [0.5, 0.6) is 0 Å². The third-order valence-corrected chi connectivity index (χ3v) is 7.46. The molecular weight excluding hydrogens is 346 g/mol. The molecule has 1 amide bonds. The SMILES string of the molecule is O=C(C1CCc2ccccc21)N1CCC(O)(c2ccccc2)[C@H]2CCCC[C@H]21. The number of nitrogens with zero attached hydrogens (tertiary/aromatic N) is 1. The van der Waals surface area contributed by atoms with Crippen molar-refractivity contribution in [2.24, 2.45) is 5.92 Å². The van der Waals surface area contributed by atoms with E-state index in [0.717, 1.165) is 44.1 Å². The molecule has 2 aromatic carbocycles. The average molecular weight is 376 g/mol. The largest absolute Gasteiger partial charge is 0.385 e. The number of piperidine rings is 1. The van der Waals surface area contributed by atoms with Crippen molar-refractivity contribution in [3.05, 3.63) is 71.3 Å². The van der Waals surface area contributed by atoms with Crippen LogP contribution in [-0.4, -0.2) is 28.5 Å². The molecule has 5 rings (SSSR count). The van der Waals surface area contributed by atoms with Crippen LogP contribution >= 0.6 is 0 Å². The fourth-order valence-corrected chi connectivity index (χ4v) is 6.06. The number of amides is 1. The van der Waals surface area contributed by atoms with Crippen molar-refractivity contribution in [3.63, 3.8) is 0 Å². The molecule has 1 saturated carbocycles. The predicted molar refractivity (Wildman–Crippen MR) is 110 cm³/mol. The van der Waals surface area contributed by atoms with Gasteiger partial charge in [0.15, 0.2) is 0 Å². The molecule has 2 fully saturated rings. The minimum Gasteiger partial charge on any atom is -0.385 e. The highest BCUT2D eigenvalue weighted by Gasteiger charge is 2.51. The van der Waals surface area contributed by atoms with Gasteiger partial charge in [0.2, 0.25) is 5.91 Å². The molecule has 0 bridgehead atoms. The maximum atomic E-state index is 13.6. The summed E-state index contributed by atoms with van der Waals surface area (Å²) in [6.07, 6.45) is 6.87. The van der Waals surface area contributed by atoms with Gasteiger partial charge in [-0.15, -0.1) is 0 Å². The van der Waals surface area contributed by atoms with Gasteiger partial charge < -0.3 is 10.0 Å². The van der Waals surface area contributed by atoms with Gasteiger partial charge in [0, 0.05) is 18.5 Å². The van der Waals surface area contributed by atoms with Crippen molar-refractivity contribution < 1.29 is 9.90 Å². The van der Waals surface area contributed by atoms with Gasteiger partial charge in [-0.25, -0.2) is 0 Å². The Balaban J connectivity index is 1.44. The number of benzene rings is 2. The summed E-state index contributed by atoms with van der Waals surface area (Å²) in [5.41, 5.74) is 2.77. The molecule has 1 saturated heterocycles. The number of carbonyl (C=O) groups excluding carboxylic acids is 1. The fraction of sp³-hybridized carbons (Fsp3) is 0.480. The van der Waals surface area contributed by atoms with E-state index in [1.54, 1.807) is 0 Å². The van der Waals surface area contributed by atoms with Crippen molar-refractivity contribution >= 4 is 5.91 Å². The normalized spacial score (nSPS) is 31.9. The molecule has 3 heteroatoms. The summed E-state index contributed by atoms with van der Waals surface area (Å²) in [6.45, 7) is 0.657. The van der Waals surface area contributed by atoms with Crippen molar-refractivity contribution in [3.8, 4) is 0 Å². The highest BCUT2D eigenvalue weighted by atomic mass is 16.3. The number of fused-ring (bicyclic) bond motifs is 2. The summed E-state index contributed by atoms with van der Waals surface area (Å²) < 4.78 is 0. The van der Waals surface area contributed by atoms with Crippen LogP contribution in [-0.2, 0) is 16.8 Å². The summed E-state index contributed by atoms with van der Waals surface area (Å²) in [5, 5.41) is 11.7. The minimum absolute atomic E-state index is 0.00157. The molecule has 2 unspecified atom stereocenters.